The van der Waals surface area contributed by atoms with Gasteiger partial charge in [0.05, 0.1) is 29.8 Å². The predicted octanol–water partition coefficient (Wildman–Crippen LogP) is 3.44. The maximum absolute atomic E-state index is 12.9. The molecule has 1 aliphatic rings. The number of ether oxygens (including phenoxy) is 1. The molecule has 0 bridgehead atoms. The Morgan fingerprint density at radius 3 is 2.77 bits per heavy atom. The number of aromatic hydroxyl groups is 1. The van der Waals surface area contributed by atoms with Gasteiger partial charge in [0.2, 0.25) is 0 Å². The van der Waals surface area contributed by atoms with Gasteiger partial charge in [0.15, 0.2) is 0 Å². The second kappa shape index (κ2) is 7.59. The molecule has 7 heteroatoms. The van der Waals surface area contributed by atoms with Crippen LogP contribution in [0.25, 0.3) is 33.4 Å². The number of aryl methyl sites for hydroxylation is 1. The van der Waals surface area contributed by atoms with Crippen LogP contribution in [0.3, 0.4) is 0 Å². The molecule has 1 saturated heterocycles. The lowest BCUT2D eigenvalue weighted by Gasteiger charge is -2.27. The largest absolute Gasteiger partial charge is 0.507 e. The number of nitrogens with zero attached hydrogens (tertiary/aromatic N) is 2. The number of phenols is 1. The van der Waals surface area contributed by atoms with Gasteiger partial charge in [-0.1, -0.05) is 19.1 Å². The fourth-order valence-electron chi connectivity index (χ4n) is 4.03. The molecule has 0 spiro atoms. The Kier molecular flexibility index (Phi) is 4.77. The lowest BCUT2D eigenvalue weighted by atomic mass is 10.0. The van der Waals surface area contributed by atoms with E-state index in [1.807, 2.05) is 37.3 Å². The van der Waals surface area contributed by atoms with Crippen molar-refractivity contribution in [1.29, 1.82) is 0 Å². The van der Waals surface area contributed by atoms with E-state index in [0.29, 0.717) is 48.7 Å². The SMILES string of the molecule is CCc1cc2cc(-c3nc4ccccc4[nH]3)c(=O)oc2c(CN2CCOCC2)c1O. The molecule has 0 aliphatic carbocycles. The summed E-state index contributed by atoms with van der Waals surface area (Å²) >= 11 is 0. The number of rotatable bonds is 4. The molecule has 2 N–H and O–H groups in total. The Hall–Kier alpha value is -3.16. The average Bonchev–Trinajstić information content (AvgIpc) is 3.20. The first-order valence-corrected chi connectivity index (χ1v) is 10.2. The van der Waals surface area contributed by atoms with Gasteiger partial charge >= 0.3 is 5.63 Å². The molecule has 7 nitrogen and oxygen atoms in total. The summed E-state index contributed by atoms with van der Waals surface area (Å²) in [7, 11) is 0. The van der Waals surface area contributed by atoms with Crippen molar-refractivity contribution in [3.05, 3.63) is 57.9 Å². The maximum atomic E-state index is 12.9. The number of aromatic nitrogens is 2. The number of phenolic OH excluding ortho intramolecular Hbond substituents is 1. The van der Waals surface area contributed by atoms with Crippen LogP contribution in [0.4, 0.5) is 0 Å². The molecule has 2 aromatic heterocycles. The molecule has 1 fully saturated rings. The van der Waals surface area contributed by atoms with Gasteiger partial charge < -0.3 is 19.2 Å². The first kappa shape index (κ1) is 18.8. The molecule has 0 amide bonds. The Labute approximate surface area is 172 Å². The van der Waals surface area contributed by atoms with Gasteiger partial charge in [-0.3, -0.25) is 4.90 Å². The number of nitrogens with one attached hydrogen (secondary N) is 1. The van der Waals surface area contributed by atoms with Crippen LogP contribution in [0.1, 0.15) is 18.1 Å². The molecular formula is C23H23N3O4. The summed E-state index contributed by atoms with van der Waals surface area (Å²) in [6.45, 7) is 5.38. The van der Waals surface area contributed by atoms with Crippen molar-refractivity contribution in [2.45, 2.75) is 19.9 Å². The van der Waals surface area contributed by atoms with Crippen molar-refractivity contribution < 1.29 is 14.3 Å². The molecule has 0 unspecified atom stereocenters. The van der Waals surface area contributed by atoms with Gasteiger partial charge in [0, 0.05) is 25.0 Å². The molecule has 0 atom stereocenters. The zero-order valence-electron chi connectivity index (χ0n) is 16.8. The molecule has 5 rings (SSSR count). The average molecular weight is 405 g/mol. The Morgan fingerprint density at radius 2 is 2.00 bits per heavy atom. The van der Waals surface area contributed by atoms with E-state index in [2.05, 4.69) is 14.9 Å². The van der Waals surface area contributed by atoms with E-state index in [1.54, 1.807) is 6.07 Å². The summed E-state index contributed by atoms with van der Waals surface area (Å²) in [4.78, 5) is 22.8. The van der Waals surface area contributed by atoms with E-state index in [4.69, 9.17) is 9.15 Å². The summed E-state index contributed by atoms with van der Waals surface area (Å²) in [5, 5.41) is 11.6. The fraction of sp³-hybridized carbons (Fsp3) is 0.304. The first-order chi connectivity index (χ1) is 14.6. The van der Waals surface area contributed by atoms with Crippen molar-refractivity contribution in [1.82, 2.24) is 14.9 Å². The number of hydrogen-bond acceptors (Lipinski definition) is 6. The zero-order chi connectivity index (χ0) is 20.7. The van der Waals surface area contributed by atoms with Crippen LogP contribution in [0.2, 0.25) is 0 Å². The van der Waals surface area contributed by atoms with Crippen LogP contribution in [0.5, 0.6) is 5.75 Å². The predicted molar refractivity (Wildman–Crippen MR) is 115 cm³/mol. The first-order valence-electron chi connectivity index (χ1n) is 10.2. The summed E-state index contributed by atoms with van der Waals surface area (Å²) in [6.07, 6.45) is 0.678. The van der Waals surface area contributed by atoms with E-state index in [9.17, 15) is 9.90 Å². The molecule has 30 heavy (non-hydrogen) atoms. The van der Waals surface area contributed by atoms with Crippen LogP contribution in [0.15, 0.2) is 45.6 Å². The van der Waals surface area contributed by atoms with Gasteiger partial charge in [-0.25, -0.2) is 9.78 Å². The number of H-pyrrole nitrogens is 1. The van der Waals surface area contributed by atoms with Crippen LogP contribution in [-0.2, 0) is 17.7 Å². The van der Waals surface area contributed by atoms with Gasteiger partial charge in [-0.15, -0.1) is 0 Å². The van der Waals surface area contributed by atoms with Crippen LogP contribution in [0, 0.1) is 0 Å². The smallest absolute Gasteiger partial charge is 0.347 e. The molecule has 154 valence electrons. The van der Waals surface area contributed by atoms with E-state index >= 15 is 0 Å². The monoisotopic (exact) mass is 405 g/mol. The summed E-state index contributed by atoms with van der Waals surface area (Å²) in [5.74, 6) is 0.684. The minimum atomic E-state index is -0.478. The fourth-order valence-corrected chi connectivity index (χ4v) is 4.03. The van der Waals surface area contributed by atoms with Gasteiger partial charge in [-0.05, 0) is 36.2 Å². The zero-order valence-corrected chi connectivity index (χ0v) is 16.8. The Bertz CT molecular complexity index is 1250. The van der Waals surface area contributed by atoms with Crippen molar-refractivity contribution >= 4 is 22.0 Å². The van der Waals surface area contributed by atoms with Crippen LogP contribution < -0.4 is 5.63 Å². The van der Waals surface area contributed by atoms with Gasteiger partial charge in [0.25, 0.3) is 0 Å². The van der Waals surface area contributed by atoms with Crippen molar-refractivity contribution in [2.24, 2.45) is 0 Å². The molecule has 1 aliphatic heterocycles. The highest BCUT2D eigenvalue weighted by molar-refractivity contribution is 5.87. The van der Waals surface area contributed by atoms with E-state index in [1.165, 1.54) is 0 Å². The van der Waals surface area contributed by atoms with Gasteiger partial charge in [-0.2, -0.15) is 0 Å². The summed E-state index contributed by atoms with van der Waals surface area (Å²) < 4.78 is 11.2. The molecule has 0 saturated carbocycles. The van der Waals surface area contributed by atoms with E-state index in [-0.39, 0.29) is 5.75 Å². The maximum Gasteiger partial charge on any atom is 0.347 e. The lowest BCUT2D eigenvalue weighted by molar-refractivity contribution is 0.0339. The van der Waals surface area contributed by atoms with Crippen molar-refractivity contribution in [2.75, 3.05) is 26.3 Å². The normalized spacial score (nSPS) is 15.2. The molecule has 4 aromatic rings. The minimum absolute atomic E-state index is 0.205. The number of morpholine rings is 1. The van der Waals surface area contributed by atoms with Crippen LogP contribution >= 0.6 is 0 Å². The second-order valence-corrected chi connectivity index (χ2v) is 7.57. The van der Waals surface area contributed by atoms with Crippen LogP contribution in [-0.4, -0.2) is 46.3 Å². The molecule has 3 heterocycles. The minimum Gasteiger partial charge on any atom is -0.507 e. The highest BCUT2D eigenvalue weighted by Crippen LogP contribution is 2.34. The number of aromatic amines is 1. The highest BCUT2D eigenvalue weighted by Gasteiger charge is 2.21. The number of para-hydroxylation sites is 2. The Balaban J connectivity index is 1.66. The number of imidazole rings is 1. The highest BCUT2D eigenvalue weighted by atomic mass is 16.5. The number of benzene rings is 2. The number of hydrogen-bond donors (Lipinski definition) is 2. The quantitative estimate of drug-likeness (QED) is 0.506. The third kappa shape index (κ3) is 3.26. The third-order valence-corrected chi connectivity index (χ3v) is 5.68. The van der Waals surface area contributed by atoms with E-state index in [0.717, 1.165) is 35.1 Å². The van der Waals surface area contributed by atoms with Crippen molar-refractivity contribution in [3.8, 4) is 17.1 Å². The molecule has 2 aromatic carbocycles. The summed E-state index contributed by atoms with van der Waals surface area (Å²) in [6, 6.07) is 11.3. The lowest BCUT2D eigenvalue weighted by Crippen LogP contribution is -2.35. The van der Waals surface area contributed by atoms with E-state index < -0.39 is 5.63 Å². The van der Waals surface area contributed by atoms with Crippen molar-refractivity contribution in [3.63, 3.8) is 0 Å². The molecule has 0 radical (unpaired) electrons. The summed E-state index contributed by atoms with van der Waals surface area (Å²) in [5.41, 5.74) is 3.47. The third-order valence-electron chi connectivity index (χ3n) is 5.68. The number of fused-ring (bicyclic) bond motifs is 2. The Morgan fingerprint density at radius 1 is 1.20 bits per heavy atom. The molecular weight excluding hydrogens is 382 g/mol. The standard InChI is InChI=1S/C23H23N3O4/c1-2-14-11-15-12-16(22-24-18-5-3-4-6-19(18)25-22)23(28)30-21(15)17(20(14)27)13-26-7-9-29-10-8-26/h3-6,11-12,27H,2,7-10,13H2,1H3,(H,24,25). The second-order valence-electron chi connectivity index (χ2n) is 7.57. The van der Waals surface area contributed by atoms with Gasteiger partial charge in [0.1, 0.15) is 22.7 Å². The topological polar surface area (TPSA) is 91.6 Å².